The zero-order chi connectivity index (χ0) is 23.2. The zero-order valence-electron chi connectivity index (χ0n) is 17.8. The summed E-state index contributed by atoms with van der Waals surface area (Å²) in [5, 5.41) is 2.68. The summed E-state index contributed by atoms with van der Waals surface area (Å²) in [6.45, 7) is 1.68. The molecule has 170 valence electrons. The number of anilines is 1. The number of carbonyl (C=O) groups is 1. The van der Waals surface area contributed by atoms with Crippen molar-refractivity contribution in [2.45, 2.75) is 25.8 Å². The molecular weight excluding hydrogens is 430 g/mol. The summed E-state index contributed by atoms with van der Waals surface area (Å²) in [7, 11) is -0.827. The van der Waals surface area contributed by atoms with Crippen molar-refractivity contribution in [2.24, 2.45) is 0 Å². The molecule has 2 aromatic carbocycles. The first-order chi connectivity index (χ1) is 14.6. The predicted octanol–water partition coefficient (Wildman–Crippen LogP) is 2.89. The number of methoxy groups -OCH3 is 2. The van der Waals surface area contributed by atoms with Crippen LogP contribution in [0.2, 0.25) is 0 Å². The average molecular weight is 457 g/mol. The molecule has 0 aliphatic rings. The predicted molar refractivity (Wildman–Crippen MR) is 114 cm³/mol. The van der Waals surface area contributed by atoms with Gasteiger partial charge in [0.1, 0.15) is 6.04 Å². The highest BCUT2D eigenvalue weighted by Gasteiger charge is 2.29. The second-order valence-electron chi connectivity index (χ2n) is 6.92. The third-order valence-electron chi connectivity index (χ3n) is 4.64. The molecule has 0 saturated heterocycles. The largest absolute Gasteiger partial charge is 0.493 e. The third-order valence-corrected chi connectivity index (χ3v) is 5.88. The van der Waals surface area contributed by atoms with Crippen molar-refractivity contribution in [2.75, 3.05) is 31.3 Å². The van der Waals surface area contributed by atoms with E-state index in [1.807, 2.05) is 12.1 Å². The summed E-state index contributed by atoms with van der Waals surface area (Å²) >= 11 is 0. The van der Waals surface area contributed by atoms with E-state index in [9.17, 15) is 22.0 Å². The van der Waals surface area contributed by atoms with Gasteiger partial charge in [0.2, 0.25) is 15.9 Å². The van der Waals surface area contributed by atoms with Crippen LogP contribution >= 0.6 is 0 Å². The van der Waals surface area contributed by atoms with E-state index < -0.39 is 33.6 Å². The van der Waals surface area contributed by atoms with E-state index >= 15 is 0 Å². The van der Waals surface area contributed by atoms with E-state index in [2.05, 4.69) is 5.32 Å². The molecule has 1 atom stereocenters. The number of benzene rings is 2. The number of halogens is 2. The molecule has 0 fully saturated rings. The summed E-state index contributed by atoms with van der Waals surface area (Å²) < 4.78 is 62.4. The van der Waals surface area contributed by atoms with Crippen molar-refractivity contribution in [3.05, 3.63) is 53.6 Å². The third kappa shape index (κ3) is 6.30. The number of sulfonamides is 1. The fourth-order valence-electron chi connectivity index (χ4n) is 3.12. The molecule has 0 bridgehead atoms. The van der Waals surface area contributed by atoms with Crippen molar-refractivity contribution in [1.82, 2.24) is 5.32 Å². The van der Waals surface area contributed by atoms with Gasteiger partial charge in [-0.2, -0.15) is 0 Å². The van der Waals surface area contributed by atoms with Crippen molar-refractivity contribution < 1.29 is 31.5 Å². The minimum atomic E-state index is -3.92. The maximum absolute atomic E-state index is 13.6. The van der Waals surface area contributed by atoms with Crippen LogP contribution in [0.25, 0.3) is 0 Å². The fraction of sp³-hybridized carbons (Fsp3) is 0.381. The van der Waals surface area contributed by atoms with E-state index in [-0.39, 0.29) is 5.69 Å². The molecule has 10 heteroatoms. The molecule has 1 N–H and O–H groups in total. The molecule has 7 nitrogen and oxygen atoms in total. The number of carbonyl (C=O) groups excluding carboxylic acids is 1. The molecule has 0 unspecified atom stereocenters. The van der Waals surface area contributed by atoms with Gasteiger partial charge in [-0.1, -0.05) is 6.07 Å². The van der Waals surface area contributed by atoms with Gasteiger partial charge in [0.25, 0.3) is 0 Å². The second-order valence-corrected chi connectivity index (χ2v) is 8.78. The van der Waals surface area contributed by atoms with Crippen LogP contribution in [0.15, 0.2) is 36.4 Å². The number of aryl methyl sites for hydroxylation is 1. The summed E-state index contributed by atoms with van der Waals surface area (Å²) in [5.74, 6) is -1.64. The quantitative estimate of drug-likeness (QED) is 0.556. The van der Waals surface area contributed by atoms with E-state index in [1.165, 1.54) is 6.92 Å². The van der Waals surface area contributed by atoms with Gasteiger partial charge >= 0.3 is 0 Å². The number of rotatable bonds is 10. The summed E-state index contributed by atoms with van der Waals surface area (Å²) in [6, 6.07) is 7.05. The highest BCUT2D eigenvalue weighted by atomic mass is 32.2. The first-order valence-corrected chi connectivity index (χ1v) is 11.4. The Bertz CT molecular complexity index is 1030. The Kier molecular flexibility index (Phi) is 8.21. The molecule has 0 aliphatic carbocycles. The minimum Gasteiger partial charge on any atom is -0.493 e. The van der Waals surface area contributed by atoms with E-state index in [4.69, 9.17) is 9.47 Å². The maximum atomic E-state index is 13.6. The van der Waals surface area contributed by atoms with Crippen LogP contribution in [0.1, 0.15) is 18.9 Å². The molecule has 0 spiro atoms. The Morgan fingerprint density at radius 3 is 2.32 bits per heavy atom. The lowest BCUT2D eigenvalue weighted by Gasteiger charge is -2.28. The first-order valence-electron chi connectivity index (χ1n) is 9.51. The Morgan fingerprint density at radius 1 is 1.06 bits per heavy atom. The Morgan fingerprint density at radius 2 is 1.74 bits per heavy atom. The minimum absolute atomic E-state index is 0.130. The number of amides is 1. The fourth-order valence-corrected chi connectivity index (χ4v) is 4.29. The molecule has 0 saturated carbocycles. The molecule has 0 aliphatic heterocycles. The van der Waals surface area contributed by atoms with Gasteiger partial charge in [0.05, 0.1) is 26.2 Å². The molecule has 0 aromatic heterocycles. The Balaban J connectivity index is 2.00. The number of ether oxygens (including phenoxy) is 2. The van der Waals surface area contributed by atoms with Crippen LogP contribution in [0.5, 0.6) is 11.5 Å². The summed E-state index contributed by atoms with van der Waals surface area (Å²) in [4.78, 5) is 12.5. The summed E-state index contributed by atoms with van der Waals surface area (Å²) in [5.41, 5.74) is 0.855. The molecule has 1 amide bonds. The van der Waals surface area contributed by atoms with Crippen LogP contribution < -0.4 is 19.1 Å². The van der Waals surface area contributed by atoms with Crippen LogP contribution in [0, 0.1) is 11.6 Å². The monoisotopic (exact) mass is 456 g/mol. The van der Waals surface area contributed by atoms with Gasteiger partial charge in [0.15, 0.2) is 23.1 Å². The zero-order valence-corrected chi connectivity index (χ0v) is 18.6. The van der Waals surface area contributed by atoms with Gasteiger partial charge in [-0.15, -0.1) is 0 Å². The molecular formula is C21H26F2N2O5S. The standard InChI is InChI=1S/C21H26F2N2O5S/c1-14(25(31(4,27)28)16-8-9-17(22)18(23)13-16)21(26)24-11-5-6-15-7-10-19(29-2)20(12-15)30-3/h7-10,12-14H,5-6,11H2,1-4H3,(H,24,26)/t14-/m0/s1. The second kappa shape index (κ2) is 10.4. The van der Waals surface area contributed by atoms with Crippen LogP contribution in [-0.2, 0) is 21.2 Å². The van der Waals surface area contributed by atoms with E-state index in [0.717, 1.165) is 34.3 Å². The van der Waals surface area contributed by atoms with Crippen LogP contribution in [0.3, 0.4) is 0 Å². The van der Waals surface area contributed by atoms with Crippen molar-refractivity contribution in [1.29, 1.82) is 0 Å². The van der Waals surface area contributed by atoms with Crippen molar-refractivity contribution in [3.63, 3.8) is 0 Å². The lowest BCUT2D eigenvalue weighted by Crippen LogP contribution is -2.48. The SMILES string of the molecule is COc1ccc(CCCNC(=O)[C@H](C)N(c2ccc(F)c(F)c2)S(C)(=O)=O)cc1OC. The summed E-state index contributed by atoms with van der Waals surface area (Å²) in [6.07, 6.45) is 2.14. The number of nitrogens with zero attached hydrogens (tertiary/aromatic N) is 1. The van der Waals surface area contributed by atoms with Crippen LogP contribution in [-0.4, -0.2) is 47.4 Å². The maximum Gasteiger partial charge on any atom is 0.243 e. The normalized spacial score (nSPS) is 12.2. The van der Waals surface area contributed by atoms with Crippen molar-refractivity contribution >= 4 is 21.6 Å². The van der Waals surface area contributed by atoms with Gasteiger partial charge in [-0.3, -0.25) is 9.10 Å². The van der Waals surface area contributed by atoms with Crippen molar-refractivity contribution in [3.8, 4) is 11.5 Å². The van der Waals surface area contributed by atoms with Gasteiger partial charge in [0, 0.05) is 12.6 Å². The Labute approximate surface area is 181 Å². The van der Waals surface area contributed by atoms with Gasteiger partial charge in [-0.05, 0) is 49.6 Å². The first kappa shape index (κ1) is 24.4. The lowest BCUT2D eigenvalue weighted by molar-refractivity contribution is -0.121. The lowest BCUT2D eigenvalue weighted by atomic mass is 10.1. The number of hydrogen-bond donors (Lipinski definition) is 1. The van der Waals surface area contributed by atoms with E-state index in [0.29, 0.717) is 30.9 Å². The van der Waals surface area contributed by atoms with Crippen LogP contribution in [0.4, 0.5) is 14.5 Å². The molecule has 0 radical (unpaired) electrons. The number of nitrogens with one attached hydrogen (secondary N) is 1. The van der Waals surface area contributed by atoms with Gasteiger partial charge in [-0.25, -0.2) is 17.2 Å². The molecule has 0 heterocycles. The number of hydrogen-bond acceptors (Lipinski definition) is 5. The van der Waals surface area contributed by atoms with E-state index in [1.54, 1.807) is 20.3 Å². The smallest absolute Gasteiger partial charge is 0.243 e. The van der Waals surface area contributed by atoms with Gasteiger partial charge < -0.3 is 14.8 Å². The molecule has 31 heavy (non-hydrogen) atoms. The molecule has 2 aromatic rings. The Hall–Kier alpha value is -2.88. The topological polar surface area (TPSA) is 84.9 Å². The highest BCUT2D eigenvalue weighted by molar-refractivity contribution is 7.92. The molecule has 2 rings (SSSR count). The highest BCUT2D eigenvalue weighted by Crippen LogP contribution is 2.28. The average Bonchev–Trinajstić information content (AvgIpc) is 2.72.